The Bertz CT molecular complexity index is 1420. The molecule has 0 saturated heterocycles. The van der Waals surface area contributed by atoms with Crippen LogP contribution in [0, 0.1) is 12.3 Å². The van der Waals surface area contributed by atoms with Gasteiger partial charge in [-0.25, -0.2) is 0 Å². The minimum absolute atomic E-state index is 0.321. The van der Waals surface area contributed by atoms with Gasteiger partial charge in [-0.1, -0.05) is 17.3 Å². The number of anilines is 1. The number of methoxy groups -OCH3 is 2. The first-order chi connectivity index (χ1) is 16.6. The van der Waals surface area contributed by atoms with Crippen molar-refractivity contribution < 1.29 is 18.8 Å². The maximum atomic E-state index is 11.9. The lowest BCUT2D eigenvalue weighted by Crippen LogP contribution is -2.24. The number of nitrogens with zero attached hydrogens (tertiary/aromatic N) is 4. The molecule has 0 saturated carbocycles. The highest BCUT2D eigenvalue weighted by molar-refractivity contribution is 8.00. The SMILES string of the molecule is C#CC(=O)N1Cc2cnn(Cc3cc(OC)c4c(NSc5ccccc5OC)noc4c3)c2C1. The van der Waals surface area contributed by atoms with Gasteiger partial charge < -0.3 is 23.6 Å². The molecule has 1 amide bonds. The van der Waals surface area contributed by atoms with E-state index in [0.29, 0.717) is 36.8 Å². The van der Waals surface area contributed by atoms with E-state index in [0.717, 1.165) is 32.9 Å². The average Bonchev–Trinajstić information content (AvgIpc) is 3.57. The Hall–Kier alpha value is -4.10. The number of ether oxygens (including phenoxy) is 2. The lowest BCUT2D eigenvalue weighted by atomic mass is 10.1. The third-order valence-electron chi connectivity index (χ3n) is 5.62. The van der Waals surface area contributed by atoms with E-state index >= 15 is 0 Å². The van der Waals surface area contributed by atoms with Crippen LogP contribution >= 0.6 is 11.9 Å². The number of para-hydroxylation sites is 1. The van der Waals surface area contributed by atoms with Gasteiger partial charge in [-0.05, 0) is 47.7 Å². The standard InChI is InChI=1S/C24H21N5O4S/c1-4-22(30)28-13-16-11-25-29(17(16)14-28)12-15-9-19(32-3)23-20(10-15)33-26-24(23)27-34-21-8-6-5-7-18(21)31-2/h1,5-11H,12-14H2,2-3H3,(H,26,27). The number of rotatable bonds is 7. The Labute approximate surface area is 200 Å². The van der Waals surface area contributed by atoms with Crippen LogP contribution in [-0.2, 0) is 24.4 Å². The van der Waals surface area contributed by atoms with Crippen LogP contribution in [0.5, 0.6) is 11.5 Å². The van der Waals surface area contributed by atoms with Crippen molar-refractivity contribution in [3.8, 4) is 23.8 Å². The van der Waals surface area contributed by atoms with E-state index < -0.39 is 0 Å². The quantitative estimate of drug-likeness (QED) is 0.320. The summed E-state index contributed by atoms with van der Waals surface area (Å²) in [5.41, 5.74) is 3.48. The van der Waals surface area contributed by atoms with Crippen molar-refractivity contribution in [1.82, 2.24) is 19.8 Å². The number of hydrogen-bond donors (Lipinski definition) is 1. The molecule has 1 N–H and O–H groups in total. The van der Waals surface area contributed by atoms with Crippen LogP contribution in [0.2, 0.25) is 0 Å². The molecular formula is C24H21N5O4S. The monoisotopic (exact) mass is 475 g/mol. The summed E-state index contributed by atoms with van der Waals surface area (Å²) < 4.78 is 21.8. The van der Waals surface area contributed by atoms with E-state index in [1.54, 1.807) is 25.3 Å². The summed E-state index contributed by atoms with van der Waals surface area (Å²) in [6, 6.07) is 11.6. The van der Waals surface area contributed by atoms with E-state index in [1.165, 1.54) is 11.9 Å². The van der Waals surface area contributed by atoms with Gasteiger partial charge >= 0.3 is 0 Å². The number of aromatic nitrogens is 3. The molecule has 10 heteroatoms. The fourth-order valence-corrected chi connectivity index (χ4v) is 4.71. The summed E-state index contributed by atoms with van der Waals surface area (Å²) in [6.07, 6.45) is 7.04. The number of carbonyl (C=O) groups is 1. The molecule has 2 aromatic carbocycles. The Balaban J connectivity index is 1.39. The molecule has 0 fully saturated rings. The van der Waals surface area contributed by atoms with Crippen LogP contribution in [0.3, 0.4) is 0 Å². The number of carbonyl (C=O) groups excluding carboxylic acids is 1. The predicted octanol–water partition coefficient (Wildman–Crippen LogP) is 3.68. The van der Waals surface area contributed by atoms with Crippen molar-refractivity contribution >= 4 is 34.6 Å². The summed E-state index contributed by atoms with van der Waals surface area (Å²) in [7, 11) is 3.24. The minimum Gasteiger partial charge on any atom is -0.496 e. The minimum atomic E-state index is -0.321. The third kappa shape index (κ3) is 3.91. The summed E-state index contributed by atoms with van der Waals surface area (Å²) in [5, 5.41) is 9.42. The zero-order chi connectivity index (χ0) is 23.7. The Morgan fingerprint density at radius 3 is 2.85 bits per heavy atom. The topological polar surface area (TPSA) is 94.7 Å². The fraction of sp³-hybridized carbons (Fsp3) is 0.208. The molecule has 34 heavy (non-hydrogen) atoms. The van der Waals surface area contributed by atoms with Gasteiger partial charge in [0, 0.05) is 5.56 Å². The Morgan fingerprint density at radius 2 is 2.06 bits per heavy atom. The molecule has 1 aliphatic heterocycles. The second-order valence-corrected chi connectivity index (χ2v) is 8.49. The van der Waals surface area contributed by atoms with Crippen molar-refractivity contribution in [2.45, 2.75) is 24.5 Å². The van der Waals surface area contributed by atoms with Gasteiger partial charge in [-0.3, -0.25) is 9.48 Å². The summed E-state index contributed by atoms with van der Waals surface area (Å²) in [5.74, 6) is 3.79. The number of hydrogen-bond acceptors (Lipinski definition) is 8. The molecule has 2 aromatic heterocycles. The number of terminal acetylenes is 1. The van der Waals surface area contributed by atoms with Crippen molar-refractivity contribution in [2.75, 3.05) is 18.9 Å². The molecule has 0 bridgehead atoms. The van der Waals surface area contributed by atoms with Crippen molar-refractivity contribution in [1.29, 1.82) is 0 Å². The van der Waals surface area contributed by atoms with Crippen LogP contribution in [-0.4, -0.2) is 40.0 Å². The molecule has 0 radical (unpaired) electrons. The molecular weight excluding hydrogens is 454 g/mol. The highest BCUT2D eigenvalue weighted by Gasteiger charge is 2.26. The maximum Gasteiger partial charge on any atom is 0.298 e. The molecule has 0 unspecified atom stereocenters. The number of fused-ring (bicyclic) bond motifs is 2. The summed E-state index contributed by atoms with van der Waals surface area (Å²) >= 11 is 1.38. The van der Waals surface area contributed by atoms with Crippen LogP contribution in [0.4, 0.5) is 5.82 Å². The van der Waals surface area contributed by atoms with Gasteiger partial charge in [0.15, 0.2) is 11.4 Å². The highest BCUT2D eigenvalue weighted by Crippen LogP contribution is 2.37. The number of benzene rings is 2. The Morgan fingerprint density at radius 1 is 1.24 bits per heavy atom. The second-order valence-electron chi connectivity index (χ2n) is 7.64. The zero-order valence-electron chi connectivity index (χ0n) is 18.6. The predicted molar refractivity (Wildman–Crippen MR) is 127 cm³/mol. The van der Waals surface area contributed by atoms with Gasteiger partial charge in [0.1, 0.15) is 16.9 Å². The first-order valence-electron chi connectivity index (χ1n) is 10.4. The Kier molecular flexibility index (Phi) is 5.77. The van der Waals surface area contributed by atoms with Crippen LogP contribution in [0.15, 0.2) is 52.0 Å². The second kappa shape index (κ2) is 9.03. The fourth-order valence-electron chi connectivity index (χ4n) is 3.97. The first kappa shape index (κ1) is 21.7. The summed E-state index contributed by atoms with van der Waals surface area (Å²) in [4.78, 5) is 14.4. The van der Waals surface area contributed by atoms with E-state index in [4.69, 9.17) is 20.4 Å². The largest absolute Gasteiger partial charge is 0.496 e. The van der Waals surface area contributed by atoms with E-state index in [2.05, 4.69) is 20.9 Å². The normalized spacial score (nSPS) is 12.4. The molecule has 0 spiro atoms. The number of nitrogens with one attached hydrogen (secondary N) is 1. The number of amides is 1. The van der Waals surface area contributed by atoms with E-state index in [9.17, 15) is 4.79 Å². The van der Waals surface area contributed by atoms with Gasteiger partial charge in [0.25, 0.3) is 5.91 Å². The van der Waals surface area contributed by atoms with Crippen LogP contribution in [0.1, 0.15) is 16.8 Å². The lowest BCUT2D eigenvalue weighted by Gasteiger charge is -2.13. The smallest absolute Gasteiger partial charge is 0.298 e. The summed E-state index contributed by atoms with van der Waals surface area (Å²) in [6.45, 7) is 1.40. The molecule has 0 aliphatic carbocycles. The van der Waals surface area contributed by atoms with Gasteiger partial charge in [-0.2, -0.15) is 5.10 Å². The molecule has 0 atom stereocenters. The molecule has 9 nitrogen and oxygen atoms in total. The molecule has 172 valence electrons. The molecule has 3 heterocycles. The van der Waals surface area contributed by atoms with Gasteiger partial charge in [0.2, 0.25) is 0 Å². The first-order valence-corrected chi connectivity index (χ1v) is 11.2. The molecule has 5 rings (SSSR count). The average molecular weight is 476 g/mol. The van der Waals surface area contributed by atoms with Crippen molar-refractivity contribution in [3.05, 3.63) is 59.4 Å². The third-order valence-corrected chi connectivity index (χ3v) is 6.48. The maximum absolute atomic E-state index is 11.9. The van der Waals surface area contributed by atoms with Crippen molar-refractivity contribution in [3.63, 3.8) is 0 Å². The lowest BCUT2D eigenvalue weighted by molar-refractivity contribution is -0.125. The van der Waals surface area contributed by atoms with Crippen LogP contribution < -0.4 is 14.2 Å². The molecule has 4 aromatic rings. The molecule has 1 aliphatic rings. The van der Waals surface area contributed by atoms with Gasteiger partial charge in [-0.15, -0.1) is 6.42 Å². The van der Waals surface area contributed by atoms with Gasteiger partial charge in [0.05, 0.1) is 50.6 Å². The van der Waals surface area contributed by atoms with E-state index in [1.807, 2.05) is 41.1 Å². The van der Waals surface area contributed by atoms with Crippen molar-refractivity contribution in [2.24, 2.45) is 0 Å². The zero-order valence-corrected chi connectivity index (χ0v) is 19.4. The van der Waals surface area contributed by atoms with Crippen LogP contribution in [0.25, 0.3) is 11.0 Å². The van der Waals surface area contributed by atoms with E-state index in [-0.39, 0.29) is 5.91 Å². The highest BCUT2D eigenvalue weighted by atomic mass is 32.2.